The zero-order valence-electron chi connectivity index (χ0n) is 17.1. The number of ketones is 1. The summed E-state index contributed by atoms with van der Waals surface area (Å²) in [6.07, 6.45) is 4.78. The number of ether oxygens (including phenoxy) is 2. The van der Waals surface area contributed by atoms with Crippen LogP contribution in [-0.2, 0) is 11.2 Å². The van der Waals surface area contributed by atoms with Crippen LogP contribution in [0, 0.1) is 5.92 Å². The molecule has 5 nitrogen and oxygen atoms in total. The van der Waals surface area contributed by atoms with Crippen molar-refractivity contribution >= 4 is 11.7 Å². The summed E-state index contributed by atoms with van der Waals surface area (Å²) in [5, 5.41) is 0. The first-order valence-corrected chi connectivity index (χ1v) is 11.0. The van der Waals surface area contributed by atoms with Gasteiger partial charge in [0.15, 0.2) is 5.78 Å². The third-order valence-corrected chi connectivity index (χ3v) is 6.40. The molecule has 0 radical (unpaired) electrons. The maximum Gasteiger partial charge on any atom is 0.253 e. The van der Waals surface area contributed by atoms with E-state index in [4.69, 9.17) is 9.47 Å². The molecule has 30 heavy (non-hydrogen) atoms. The first-order valence-electron chi connectivity index (χ1n) is 11.0. The van der Waals surface area contributed by atoms with Crippen molar-refractivity contribution in [2.75, 3.05) is 26.3 Å². The predicted molar refractivity (Wildman–Crippen MR) is 113 cm³/mol. The molecular weight excluding hydrogens is 378 g/mol. The molecule has 1 saturated carbocycles. The molecule has 0 atom stereocenters. The van der Waals surface area contributed by atoms with E-state index in [0.717, 1.165) is 37.2 Å². The van der Waals surface area contributed by atoms with Crippen molar-refractivity contribution in [3.8, 4) is 11.5 Å². The van der Waals surface area contributed by atoms with Crippen LogP contribution in [0.15, 0.2) is 42.5 Å². The van der Waals surface area contributed by atoms with Gasteiger partial charge < -0.3 is 14.4 Å². The summed E-state index contributed by atoms with van der Waals surface area (Å²) in [4.78, 5) is 26.5. The van der Waals surface area contributed by atoms with Gasteiger partial charge in [-0.1, -0.05) is 18.2 Å². The van der Waals surface area contributed by atoms with Gasteiger partial charge in [0.1, 0.15) is 18.1 Å². The van der Waals surface area contributed by atoms with Crippen LogP contribution in [0.4, 0.5) is 0 Å². The first-order chi connectivity index (χ1) is 14.7. The molecule has 5 heteroatoms. The van der Waals surface area contributed by atoms with Gasteiger partial charge in [-0.25, -0.2) is 0 Å². The van der Waals surface area contributed by atoms with E-state index in [0.29, 0.717) is 36.2 Å². The summed E-state index contributed by atoms with van der Waals surface area (Å²) in [7, 11) is 0. The smallest absolute Gasteiger partial charge is 0.253 e. The molecule has 2 aromatic carbocycles. The number of rotatable bonds is 5. The zero-order valence-corrected chi connectivity index (χ0v) is 17.1. The van der Waals surface area contributed by atoms with Crippen molar-refractivity contribution in [1.29, 1.82) is 0 Å². The highest BCUT2D eigenvalue weighted by Crippen LogP contribution is 2.44. The van der Waals surface area contributed by atoms with Gasteiger partial charge >= 0.3 is 0 Å². The fourth-order valence-corrected chi connectivity index (χ4v) is 4.45. The Hall–Kier alpha value is -2.82. The number of piperidine rings is 1. The predicted octanol–water partition coefficient (Wildman–Crippen LogP) is 4.00. The van der Waals surface area contributed by atoms with E-state index < -0.39 is 0 Å². The number of carbonyl (C=O) groups is 2. The second-order valence-corrected chi connectivity index (χ2v) is 8.69. The van der Waals surface area contributed by atoms with Crippen LogP contribution in [0.2, 0.25) is 0 Å². The normalized spacial score (nSPS) is 19.2. The number of fused-ring (bicyclic) bond motifs is 1. The van der Waals surface area contributed by atoms with Crippen molar-refractivity contribution < 1.29 is 19.1 Å². The number of para-hydroxylation sites is 1. The van der Waals surface area contributed by atoms with Crippen LogP contribution in [0.1, 0.15) is 53.1 Å². The van der Waals surface area contributed by atoms with Gasteiger partial charge in [0.25, 0.3) is 5.91 Å². The summed E-state index contributed by atoms with van der Waals surface area (Å²) in [6, 6.07) is 13.8. The minimum Gasteiger partial charge on any atom is -0.493 e. The van der Waals surface area contributed by atoms with Crippen LogP contribution in [0.5, 0.6) is 11.5 Å². The van der Waals surface area contributed by atoms with Crippen molar-refractivity contribution in [2.24, 2.45) is 5.92 Å². The highest BCUT2D eigenvalue weighted by molar-refractivity contribution is 5.95. The fourth-order valence-electron chi connectivity index (χ4n) is 4.45. The molecule has 0 aromatic heterocycles. The standard InChI is InChI=1S/C25H27NO4/c27-21-14-20-13-19(7-8-23(20)30-16-21)25(28)26-11-9-17(10-12-26)15-29-24-4-2-1-3-22(24)18-5-6-18/h1-4,7-8,13,17-18H,5-6,9-12,14-16H2. The first kappa shape index (κ1) is 19.2. The molecule has 2 fully saturated rings. The van der Waals surface area contributed by atoms with Crippen LogP contribution in [0.25, 0.3) is 0 Å². The summed E-state index contributed by atoms with van der Waals surface area (Å²) in [6.45, 7) is 2.32. The Bertz CT molecular complexity index is 957. The SMILES string of the molecule is O=C1COc2ccc(C(=O)N3CCC(COc4ccccc4C4CC4)CC3)cc2C1. The van der Waals surface area contributed by atoms with Crippen LogP contribution >= 0.6 is 0 Å². The van der Waals surface area contributed by atoms with Gasteiger partial charge in [-0.3, -0.25) is 9.59 Å². The lowest BCUT2D eigenvalue weighted by Crippen LogP contribution is -2.39. The number of hydrogen-bond donors (Lipinski definition) is 0. The van der Waals surface area contributed by atoms with Crippen LogP contribution < -0.4 is 9.47 Å². The number of hydrogen-bond acceptors (Lipinski definition) is 4. The molecule has 3 aliphatic rings. The lowest BCUT2D eigenvalue weighted by atomic mass is 9.96. The number of likely N-dealkylation sites (tertiary alicyclic amines) is 1. The van der Waals surface area contributed by atoms with E-state index in [-0.39, 0.29) is 18.3 Å². The zero-order chi connectivity index (χ0) is 20.5. The Labute approximate surface area is 177 Å². The molecule has 0 bridgehead atoms. The van der Waals surface area contributed by atoms with Gasteiger partial charge in [-0.05, 0) is 67.3 Å². The van der Waals surface area contributed by atoms with E-state index in [1.54, 1.807) is 6.07 Å². The minimum atomic E-state index is 0.0364. The van der Waals surface area contributed by atoms with Crippen LogP contribution in [-0.4, -0.2) is 42.9 Å². The highest BCUT2D eigenvalue weighted by atomic mass is 16.5. The van der Waals surface area contributed by atoms with Crippen molar-refractivity contribution in [1.82, 2.24) is 4.90 Å². The summed E-state index contributed by atoms with van der Waals surface area (Å²) in [5.74, 6) is 2.98. The third-order valence-electron chi connectivity index (χ3n) is 6.40. The number of Topliss-reactive ketones (excluding diaryl/α,β-unsaturated/α-hetero) is 1. The van der Waals surface area contributed by atoms with Crippen LogP contribution in [0.3, 0.4) is 0 Å². The average molecular weight is 405 g/mol. The lowest BCUT2D eigenvalue weighted by molar-refractivity contribution is -0.121. The van der Waals surface area contributed by atoms with Gasteiger partial charge in [-0.15, -0.1) is 0 Å². The van der Waals surface area contributed by atoms with Crippen molar-refractivity contribution in [3.05, 3.63) is 59.2 Å². The van der Waals surface area contributed by atoms with Crippen molar-refractivity contribution in [2.45, 2.75) is 38.0 Å². The van der Waals surface area contributed by atoms with E-state index in [2.05, 4.69) is 18.2 Å². The Morgan fingerprint density at radius 3 is 2.67 bits per heavy atom. The second-order valence-electron chi connectivity index (χ2n) is 8.69. The summed E-state index contributed by atoms with van der Waals surface area (Å²) in [5.41, 5.74) is 2.80. The molecule has 1 amide bonds. The number of benzene rings is 2. The largest absolute Gasteiger partial charge is 0.493 e. The molecule has 2 aliphatic heterocycles. The Morgan fingerprint density at radius 2 is 1.87 bits per heavy atom. The van der Waals surface area contributed by atoms with Crippen molar-refractivity contribution in [3.63, 3.8) is 0 Å². The molecule has 0 spiro atoms. The number of nitrogens with zero attached hydrogens (tertiary/aromatic N) is 1. The molecular formula is C25H27NO4. The number of amides is 1. The highest BCUT2D eigenvalue weighted by Gasteiger charge is 2.28. The Morgan fingerprint density at radius 1 is 1.07 bits per heavy atom. The molecule has 2 heterocycles. The number of carbonyl (C=O) groups excluding carboxylic acids is 2. The summed E-state index contributed by atoms with van der Waals surface area (Å²) < 4.78 is 11.6. The Kier molecular flexibility index (Phi) is 5.19. The van der Waals surface area contributed by atoms with E-state index in [1.165, 1.54) is 18.4 Å². The van der Waals surface area contributed by atoms with Gasteiger partial charge in [-0.2, -0.15) is 0 Å². The van der Waals surface area contributed by atoms with E-state index in [9.17, 15) is 9.59 Å². The Balaban J connectivity index is 1.16. The maximum absolute atomic E-state index is 12.9. The molecule has 2 aromatic rings. The minimum absolute atomic E-state index is 0.0364. The second kappa shape index (κ2) is 8.13. The molecule has 156 valence electrons. The molecule has 1 aliphatic carbocycles. The molecule has 0 unspecified atom stereocenters. The third kappa shape index (κ3) is 4.07. The topological polar surface area (TPSA) is 55.8 Å². The van der Waals surface area contributed by atoms with Gasteiger partial charge in [0.05, 0.1) is 6.61 Å². The molecule has 5 rings (SSSR count). The fraction of sp³-hybridized carbons (Fsp3) is 0.440. The average Bonchev–Trinajstić information content (AvgIpc) is 3.62. The van der Waals surface area contributed by atoms with E-state index in [1.807, 2.05) is 23.1 Å². The van der Waals surface area contributed by atoms with Gasteiger partial charge in [0, 0.05) is 30.6 Å². The lowest BCUT2D eigenvalue weighted by Gasteiger charge is -2.32. The summed E-state index contributed by atoms with van der Waals surface area (Å²) >= 11 is 0. The monoisotopic (exact) mass is 405 g/mol. The maximum atomic E-state index is 12.9. The molecule has 0 N–H and O–H groups in total. The quantitative estimate of drug-likeness (QED) is 0.755. The van der Waals surface area contributed by atoms with Gasteiger partial charge in [0.2, 0.25) is 0 Å². The molecule has 1 saturated heterocycles. The van der Waals surface area contributed by atoms with E-state index >= 15 is 0 Å².